The summed E-state index contributed by atoms with van der Waals surface area (Å²) in [5, 5.41) is 0. The van der Waals surface area contributed by atoms with Crippen molar-refractivity contribution < 1.29 is 14.3 Å². The van der Waals surface area contributed by atoms with Crippen molar-refractivity contribution in [3.8, 4) is 5.75 Å². The fraction of sp³-hybridized carbons (Fsp3) is 0.364. The third kappa shape index (κ3) is 4.34. The molecule has 1 fully saturated rings. The number of nitrogens with one attached hydrogen (secondary N) is 1. The Kier molecular flexibility index (Phi) is 5.58. The molecule has 146 valence electrons. The molecule has 2 heterocycles. The molecule has 0 spiro atoms. The van der Waals surface area contributed by atoms with E-state index in [0.717, 1.165) is 29.0 Å². The smallest absolute Gasteiger partial charge is 0.223 e. The number of benzene rings is 2. The Balaban J connectivity index is 1.31. The maximum atomic E-state index is 12.7. The van der Waals surface area contributed by atoms with Gasteiger partial charge in [-0.1, -0.05) is 24.3 Å². The molecule has 1 amide bonds. The van der Waals surface area contributed by atoms with Gasteiger partial charge in [0.15, 0.2) is 0 Å². The number of ether oxygens (including phenoxy) is 2. The van der Waals surface area contributed by atoms with Crippen LogP contribution >= 0.6 is 0 Å². The number of H-pyrrole nitrogens is 1. The summed E-state index contributed by atoms with van der Waals surface area (Å²) in [5.74, 6) is 1.86. The van der Waals surface area contributed by atoms with E-state index in [1.807, 2.05) is 53.4 Å². The second-order valence-corrected chi connectivity index (χ2v) is 7.09. The number of morpholine rings is 1. The highest BCUT2D eigenvalue weighted by Crippen LogP contribution is 2.17. The molecule has 1 aliphatic heterocycles. The number of amides is 1. The highest BCUT2D eigenvalue weighted by molar-refractivity contribution is 5.77. The molecule has 0 aliphatic carbocycles. The maximum absolute atomic E-state index is 12.7. The van der Waals surface area contributed by atoms with Gasteiger partial charge in [-0.2, -0.15) is 0 Å². The molecular weight excluding hydrogens is 354 g/mol. The molecule has 28 heavy (non-hydrogen) atoms. The van der Waals surface area contributed by atoms with Crippen LogP contribution < -0.4 is 4.74 Å². The Labute approximate surface area is 164 Å². The van der Waals surface area contributed by atoms with Crippen molar-refractivity contribution in [2.75, 3.05) is 26.8 Å². The first-order valence-corrected chi connectivity index (χ1v) is 9.67. The van der Waals surface area contributed by atoms with Gasteiger partial charge in [-0.25, -0.2) is 4.98 Å². The van der Waals surface area contributed by atoms with Crippen molar-refractivity contribution in [1.29, 1.82) is 0 Å². The molecule has 2 aromatic carbocycles. The number of hydrogen-bond acceptors (Lipinski definition) is 4. The number of fused-ring (bicyclic) bond motifs is 1. The minimum Gasteiger partial charge on any atom is -0.497 e. The van der Waals surface area contributed by atoms with E-state index < -0.39 is 0 Å². The van der Waals surface area contributed by atoms with Crippen LogP contribution in [-0.4, -0.2) is 53.7 Å². The first-order chi connectivity index (χ1) is 13.7. The first kappa shape index (κ1) is 18.5. The van der Waals surface area contributed by atoms with Crippen LogP contribution in [0.5, 0.6) is 5.75 Å². The van der Waals surface area contributed by atoms with Crippen molar-refractivity contribution in [2.45, 2.75) is 25.4 Å². The summed E-state index contributed by atoms with van der Waals surface area (Å²) in [6.07, 6.45) is 1.89. The number of aromatic amines is 1. The summed E-state index contributed by atoms with van der Waals surface area (Å²) in [4.78, 5) is 22.4. The molecule has 0 saturated carbocycles. The predicted molar refractivity (Wildman–Crippen MR) is 107 cm³/mol. The molecule has 1 unspecified atom stereocenters. The number of hydrogen-bond donors (Lipinski definition) is 1. The van der Waals surface area contributed by atoms with E-state index in [9.17, 15) is 4.79 Å². The first-order valence-electron chi connectivity index (χ1n) is 9.67. The Hall–Kier alpha value is -2.86. The number of aromatic nitrogens is 2. The number of carbonyl (C=O) groups excluding carboxylic acids is 1. The van der Waals surface area contributed by atoms with Crippen LogP contribution in [-0.2, 0) is 22.4 Å². The van der Waals surface area contributed by atoms with Crippen LogP contribution in [0.2, 0.25) is 0 Å². The van der Waals surface area contributed by atoms with E-state index in [4.69, 9.17) is 9.47 Å². The SMILES string of the molecule is COc1ccc(CC2CN(C(=O)CCc3nc4ccccc4[nH]3)CCO2)cc1. The molecule has 0 radical (unpaired) electrons. The summed E-state index contributed by atoms with van der Waals surface area (Å²) >= 11 is 0. The van der Waals surface area contributed by atoms with Crippen LogP contribution in [0.25, 0.3) is 11.0 Å². The topological polar surface area (TPSA) is 67.5 Å². The molecular formula is C22H25N3O3. The number of para-hydroxylation sites is 2. The van der Waals surface area contributed by atoms with Gasteiger partial charge in [0.1, 0.15) is 11.6 Å². The number of imidazole rings is 1. The zero-order valence-electron chi connectivity index (χ0n) is 16.1. The zero-order chi connectivity index (χ0) is 19.3. The van der Waals surface area contributed by atoms with Crippen LogP contribution in [0.3, 0.4) is 0 Å². The van der Waals surface area contributed by atoms with Gasteiger partial charge in [-0.05, 0) is 29.8 Å². The summed E-state index contributed by atoms with van der Waals surface area (Å²) in [7, 11) is 1.66. The standard InChI is InChI=1S/C22H25N3O3/c1-27-17-8-6-16(7-9-17)14-18-15-25(12-13-28-18)22(26)11-10-21-23-19-4-2-3-5-20(19)24-21/h2-9,18H,10-15H2,1H3,(H,23,24). The Bertz CT molecular complexity index is 903. The maximum Gasteiger partial charge on any atom is 0.223 e. The second kappa shape index (κ2) is 8.44. The number of carbonyl (C=O) groups is 1. The van der Waals surface area contributed by atoms with E-state index in [1.54, 1.807) is 7.11 Å². The summed E-state index contributed by atoms with van der Waals surface area (Å²) < 4.78 is 11.1. The van der Waals surface area contributed by atoms with Crippen molar-refractivity contribution >= 4 is 16.9 Å². The second-order valence-electron chi connectivity index (χ2n) is 7.09. The molecule has 1 aromatic heterocycles. The van der Waals surface area contributed by atoms with Gasteiger partial charge < -0.3 is 19.4 Å². The average molecular weight is 379 g/mol. The minimum absolute atomic E-state index is 0.0253. The number of nitrogens with zero attached hydrogens (tertiary/aromatic N) is 2. The van der Waals surface area contributed by atoms with E-state index in [1.165, 1.54) is 5.56 Å². The van der Waals surface area contributed by atoms with Crippen LogP contribution in [0, 0.1) is 0 Å². The van der Waals surface area contributed by atoms with Gasteiger partial charge in [0, 0.05) is 32.4 Å². The summed E-state index contributed by atoms with van der Waals surface area (Å²) in [6.45, 7) is 1.86. The fourth-order valence-corrected chi connectivity index (χ4v) is 3.60. The number of methoxy groups -OCH3 is 1. The minimum atomic E-state index is 0.0253. The lowest BCUT2D eigenvalue weighted by molar-refractivity contribution is -0.138. The highest BCUT2D eigenvalue weighted by Gasteiger charge is 2.24. The van der Waals surface area contributed by atoms with Gasteiger partial charge >= 0.3 is 0 Å². The van der Waals surface area contributed by atoms with Gasteiger partial charge in [-0.3, -0.25) is 4.79 Å². The largest absolute Gasteiger partial charge is 0.497 e. The molecule has 6 nitrogen and oxygen atoms in total. The van der Waals surface area contributed by atoms with Crippen molar-refractivity contribution in [3.05, 3.63) is 59.9 Å². The summed E-state index contributed by atoms with van der Waals surface area (Å²) in [5.41, 5.74) is 3.13. The van der Waals surface area contributed by atoms with Crippen LogP contribution in [0.4, 0.5) is 0 Å². The van der Waals surface area contributed by atoms with E-state index in [0.29, 0.717) is 32.5 Å². The van der Waals surface area contributed by atoms with Crippen molar-refractivity contribution in [1.82, 2.24) is 14.9 Å². The quantitative estimate of drug-likeness (QED) is 0.715. The van der Waals surface area contributed by atoms with E-state index >= 15 is 0 Å². The average Bonchev–Trinajstić information content (AvgIpc) is 3.16. The molecule has 1 aliphatic rings. The lowest BCUT2D eigenvalue weighted by atomic mass is 10.1. The van der Waals surface area contributed by atoms with Crippen LogP contribution in [0.15, 0.2) is 48.5 Å². The third-order valence-electron chi connectivity index (χ3n) is 5.13. The Morgan fingerprint density at radius 1 is 1.25 bits per heavy atom. The Morgan fingerprint density at radius 2 is 2.07 bits per heavy atom. The zero-order valence-corrected chi connectivity index (χ0v) is 16.1. The van der Waals surface area contributed by atoms with Crippen molar-refractivity contribution in [3.63, 3.8) is 0 Å². The monoisotopic (exact) mass is 379 g/mol. The molecule has 1 atom stereocenters. The van der Waals surface area contributed by atoms with Crippen molar-refractivity contribution in [2.24, 2.45) is 0 Å². The molecule has 4 rings (SSSR count). The van der Waals surface area contributed by atoms with Gasteiger partial charge in [0.25, 0.3) is 0 Å². The molecule has 6 heteroatoms. The van der Waals surface area contributed by atoms with E-state index in [-0.39, 0.29) is 12.0 Å². The van der Waals surface area contributed by atoms with E-state index in [2.05, 4.69) is 9.97 Å². The lowest BCUT2D eigenvalue weighted by Gasteiger charge is -2.33. The molecule has 3 aromatic rings. The van der Waals surface area contributed by atoms with Gasteiger partial charge in [0.05, 0.1) is 30.9 Å². The van der Waals surface area contributed by atoms with Crippen LogP contribution in [0.1, 0.15) is 17.8 Å². The Morgan fingerprint density at radius 3 is 2.86 bits per heavy atom. The van der Waals surface area contributed by atoms with Gasteiger partial charge in [0.2, 0.25) is 5.91 Å². The lowest BCUT2D eigenvalue weighted by Crippen LogP contribution is -2.46. The van der Waals surface area contributed by atoms with Gasteiger partial charge in [-0.15, -0.1) is 0 Å². The highest BCUT2D eigenvalue weighted by atomic mass is 16.5. The number of aryl methyl sites for hydroxylation is 1. The fourth-order valence-electron chi connectivity index (χ4n) is 3.60. The molecule has 1 N–H and O–H groups in total. The summed E-state index contributed by atoms with van der Waals surface area (Å²) in [6, 6.07) is 15.9. The molecule has 1 saturated heterocycles. The predicted octanol–water partition coefficient (Wildman–Crippen LogP) is 2.97. The third-order valence-corrected chi connectivity index (χ3v) is 5.13. The molecule has 0 bridgehead atoms. The number of rotatable bonds is 6. The normalized spacial score (nSPS) is 17.0.